The molecule has 1 aromatic carbocycles. The maximum atomic E-state index is 12.7. The molecular formula is C18H25ClN2O. The summed E-state index contributed by atoms with van der Waals surface area (Å²) in [5.74, 6) is 1.38. The first-order valence-electron chi connectivity index (χ1n) is 8.38. The van der Waals surface area contributed by atoms with Crippen molar-refractivity contribution >= 4 is 18.3 Å². The van der Waals surface area contributed by atoms with E-state index in [9.17, 15) is 4.79 Å². The van der Waals surface area contributed by atoms with Crippen molar-refractivity contribution in [1.82, 2.24) is 5.32 Å². The first-order valence-corrected chi connectivity index (χ1v) is 8.38. The smallest absolute Gasteiger partial charge is 0.225 e. The van der Waals surface area contributed by atoms with Crippen molar-refractivity contribution in [2.45, 2.75) is 50.6 Å². The number of nitrogens with two attached hydrogens (primary N) is 1. The van der Waals surface area contributed by atoms with Gasteiger partial charge in [-0.3, -0.25) is 4.79 Å². The lowest BCUT2D eigenvalue weighted by Crippen LogP contribution is -2.46. The molecule has 0 aromatic heterocycles. The predicted octanol–water partition coefficient (Wildman–Crippen LogP) is 2.98. The van der Waals surface area contributed by atoms with E-state index in [1.165, 1.54) is 30.4 Å². The van der Waals surface area contributed by atoms with Crippen molar-refractivity contribution in [2.75, 3.05) is 0 Å². The fourth-order valence-electron chi connectivity index (χ4n) is 4.90. The zero-order valence-corrected chi connectivity index (χ0v) is 13.6. The zero-order chi connectivity index (χ0) is 14.4. The van der Waals surface area contributed by atoms with Gasteiger partial charge in [-0.1, -0.05) is 24.3 Å². The van der Waals surface area contributed by atoms with E-state index in [-0.39, 0.29) is 36.3 Å². The van der Waals surface area contributed by atoms with Crippen molar-refractivity contribution in [3.8, 4) is 0 Å². The van der Waals surface area contributed by atoms with E-state index < -0.39 is 0 Å². The molecular weight excluding hydrogens is 296 g/mol. The van der Waals surface area contributed by atoms with E-state index in [2.05, 4.69) is 29.6 Å². The molecule has 0 radical (unpaired) electrons. The van der Waals surface area contributed by atoms with Gasteiger partial charge in [0.25, 0.3) is 0 Å². The summed E-state index contributed by atoms with van der Waals surface area (Å²) in [7, 11) is 0. The molecule has 0 spiro atoms. The summed E-state index contributed by atoms with van der Waals surface area (Å²) in [6, 6.07) is 8.80. The predicted molar refractivity (Wildman–Crippen MR) is 89.8 cm³/mol. The summed E-state index contributed by atoms with van der Waals surface area (Å²) >= 11 is 0. The Morgan fingerprint density at radius 1 is 1.14 bits per heavy atom. The van der Waals surface area contributed by atoms with E-state index in [1.54, 1.807) is 0 Å². The van der Waals surface area contributed by atoms with Gasteiger partial charge in [0, 0.05) is 6.04 Å². The highest BCUT2D eigenvalue weighted by Crippen LogP contribution is 2.48. The van der Waals surface area contributed by atoms with E-state index in [0.29, 0.717) is 11.8 Å². The Hall–Kier alpha value is -1.06. The van der Waals surface area contributed by atoms with Crippen LogP contribution >= 0.6 is 12.4 Å². The van der Waals surface area contributed by atoms with Gasteiger partial charge in [-0.15, -0.1) is 12.4 Å². The molecule has 3 aliphatic rings. The summed E-state index contributed by atoms with van der Waals surface area (Å²) in [6.07, 6.45) is 6.93. The number of carbonyl (C=O) groups is 1. The second kappa shape index (κ2) is 6.21. The van der Waals surface area contributed by atoms with E-state index in [4.69, 9.17) is 5.73 Å². The Balaban J connectivity index is 0.00000144. The molecule has 4 rings (SSSR count). The van der Waals surface area contributed by atoms with Crippen molar-refractivity contribution < 1.29 is 4.79 Å². The summed E-state index contributed by atoms with van der Waals surface area (Å²) in [5, 5.41) is 3.31. The number of halogens is 1. The van der Waals surface area contributed by atoms with Crippen molar-refractivity contribution in [3.05, 3.63) is 35.4 Å². The van der Waals surface area contributed by atoms with Gasteiger partial charge in [0.2, 0.25) is 5.91 Å². The third-order valence-electron chi connectivity index (χ3n) is 5.97. The molecule has 2 fully saturated rings. The minimum Gasteiger partial charge on any atom is -0.349 e. The molecule has 1 amide bonds. The highest BCUT2D eigenvalue weighted by molar-refractivity contribution is 5.85. The molecule has 2 saturated carbocycles. The maximum absolute atomic E-state index is 12.7. The molecule has 3 nitrogen and oxygen atoms in total. The van der Waals surface area contributed by atoms with Gasteiger partial charge in [-0.25, -0.2) is 0 Å². The molecule has 120 valence electrons. The summed E-state index contributed by atoms with van der Waals surface area (Å²) in [4.78, 5) is 12.7. The van der Waals surface area contributed by atoms with E-state index in [1.807, 2.05) is 0 Å². The first-order chi connectivity index (χ1) is 10.2. The molecule has 3 aliphatic carbocycles. The third-order valence-corrected chi connectivity index (χ3v) is 5.97. The number of amides is 1. The van der Waals surface area contributed by atoms with Crippen LogP contribution in [0.2, 0.25) is 0 Å². The second-order valence-electron chi connectivity index (χ2n) is 7.09. The summed E-state index contributed by atoms with van der Waals surface area (Å²) < 4.78 is 0. The molecule has 4 heteroatoms. The van der Waals surface area contributed by atoms with Crippen LogP contribution in [0.25, 0.3) is 0 Å². The zero-order valence-electron chi connectivity index (χ0n) is 12.8. The van der Waals surface area contributed by atoms with Gasteiger partial charge in [0.1, 0.15) is 0 Å². The quantitative estimate of drug-likeness (QED) is 0.880. The number of hydrogen-bond acceptors (Lipinski definition) is 2. The SMILES string of the molecule is Cl.NC1C2CCC(C2)C1C(=O)NC1CCCc2ccccc21. The molecule has 22 heavy (non-hydrogen) atoms. The van der Waals surface area contributed by atoms with Gasteiger partial charge < -0.3 is 11.1 Å². The van der Waals surface area contributed by atoms with Gasteiger partial charge >= 0.3 is 0 Å². The number of benzene rings is 1. The third kappa shape index (κ3) is 2.55. The van der Waals surface area contributed by atoms with Crippen LogP contribution in [0.1, 0.15) is 49.3 Å². The molecule has 3 N–H and O–H groups in total. The first kappa shape index (κ1) is 15.8. The van der Waals surface area contributed by atoms with Crippen LogP contribution in [-0.4, -0.2) is 11.9 Å². The summed E-state index contributed by atoms with van der Waals surface area (Å²) in [5.41, 5.74) is 9.01. The largest absolute Gasteiger partial charge is 0.349 e. The number of carbonyl (C=O) groups excluding carboxylic acids is 1. The van der Waals surface area contributed by atoms with Crippen LogP contribution in [-0.2, 0) is 11.2 Å². The Kier molecular flexibility index (Phi) is 4.47. The molecule has 1 aromatic rings. The monoisotopic (exact) mass is 320 g/mol. The lowest BCUT2D eigenvalue weighted by Gasteiger charge is -2.31. The topological polar surface area (TPSA) is 55.1 Å². The Bertz CT molecular complexity index is 560. The summed E-state index contributed by atoms with van der Waals surface area (Å²) in [6.45, 7) is 0. The Morgan fingerprint density at radius 2 is 1.91 bits per heavy atom. The van der Waals surface area contributed by atoms with Gasteiger partial charge in [-0.2, -0.15) is 0 Å². The lowest BCUT2D eigenvalue weighted by atomic mass is 9.83. The average molecular weight is 321 g/mol. The van der Waals surface area contributed by atoms with Crippen LogP contribution < -0.4 is 11.1 Å². The van der Waals surface area contributed by atoms with Crippen molar-refractivity contribution in [1.29, 1.82) is 0 Å². The average Bonchev–Trinajstić information content (AvgIpc) is 3.08. The van der Waals surface area contributed by atoms with Gasteiger partial charge in [-0.05, 0) is 61.5 Å². The number of fused-ring (bicyclic) bond motifs is 3. The molecule has 0 aliphatic heterocycles. The van der Waals surface area contributed by atoms with Crippen molar-refractivity contribution in [2.24, 2.45) is 23.5 Å². The number of aryl methyl sites for hydroxylation is 1. The maximum Gasteiger partial charge on any atom is 0.225 e. The number of hydrogen-bond donors (Lipinski definition) is 2. The molecule has 0 saturated heterocycles. The number of nitrogens with one attached hydrogen (secondary N) is 1. The number of rotatable bonds is 2. The van der Waals surface area contributed by atoms with E-state index in [0.717, 1.165) is 19.3 Å². The fraction of sp³-hybridized carbons (Fsp3) is 0.611. The minimum absolute atomic E-state index is 0. The van der Waals surface area contributed by atoms with Crippen LogP contribution in [0.15, 0.2) is 24.3 Å². The Morgan fingerprint density at radius 3 is 2.68 bits per heavy atom. The van der Waals surface area contributed by atoms with Crippen molar-refractivity contribution in [3.63, 3.8) is 0 Å². The molecule has 0 heterocycles. The highest BCUT2D eigenvalue weighted by atomic mass is 35.5. The van der Waals surface area contributed by atoms with E-state index >= 15 is 0 Å². The molecule has 5 atom stereocenters. The van der Waals surface area contributed by atoms with Crippen LogP contribution in [0.5, 0.6) is 0 Å². The van der Waals surface area contributed by atoms with Gasteiger partial charge in [0.15, 0.2) is 0 Å². The lowest BCUT2D eigenvalue weighted by molar-refractivity contribution is -0.127. The van der Waals surface area contributed by atoms with Crippen LogP contribution in [0.4, 0.5) is 0 Å². The minimum atomic E-state index is 0. The normalized spacial score (nSPS) is 35.6. The molecule has 2 bridgehead atoms. The fourth-order valence-corrected chi connectivity index (χ4v) is 4.90. The standard InChI is InChI=1S/C18H24N2O.ClH/c19-17-13-9-8-12(10-13)16(17)18(21)20-15-7-3-5-11-4-1-2-6-14(11)15;/h1-2,4,6,12-13,15-17H,3,5,7-10,19H2,(H,20,21);1H. The van der Waals surface area contributed by atoms with Crippen LogP contribution in [0, 0.1) is 17.8 Å². The molecule has 5 unspecified atom stereocenters. The van der Waals surface area contributed by atoms with Gasteiger partial charge in [0.05, 0.1) is 12.0 Å². The van der Waals surface area contributed by atoms with Crippen LogP contribution in [0.3, 0.4) is 0 Å². The highest BCUT2D eigenvalue weighted by Gasteiger charge is 2.49. The Labute approximate surface area is 138 Å². The second-order valence-corrected chi connectivity index (χ2v) is 7.09.